The minimum absolute atomic E-state index is 0.0859. The number of benzene rings is 2. The van der Waals surface area contributed by atoms with Gasteiger partial charge in [0.15, 0.2) is 5.82 Å². The van der Waals surface area contributed by atoms with Gasteiger partial charge in [0.25, 0.3) is 0 Å². The molecule has 9 nitrogen and oxygen atoms in total. The molecule has 0 saturated carbocycles. The Bertz CT molecular complexity index is 1150. The molecular weight excluding hydrogens is 456 g/mol. The number of halogens is 1. The summed E-state index contributed by atoms with van der Waals surface area (Å²) in [5.41, 5.74) is 2.67. The third-order valence-electron chi connectivity index (χ3n) is 5.48. The minimum atomic E-state index is -0.550. The van der Waals surface area contributed by atoms with Crippen LogP contribution >= 0.6 is 11.6 Å². The van der Waals surface area contributed by atoms with E-state index in [1.54, 1.807) is 19.1 Å². The molecule has 1 aliphatic rings. The molecule has 2 aromatic carbocycles. The van der Waals surface area contributed by atoms with Gasteiger partial charge in [-0.15, -0.1) is 0 Å². The fourth-order valence-corrected chi connectivity index (χ4v) is 3.69. The lowest BCUT2D eigenvalue weighted by atomic mass is 10.2. The first-order valence-electron chi connectivity index (χ1n) is 11.0. The summed E-state index contributed by atoms with van der Waals surface area (Å²) >= 11 is 5.90. The van der Waals surface area contributed by atoms with Crippen LogP contribution in [-0.2, 0) is 4.74 Å². The normalized spacial score (nSPS) is 14.0. The lowest BCUT2D eigenvalue weighted by Gasteiger charge is -2.34. The van der Waals surface area contributed by atoms with Crippen LogP contribution in [0.4, 0.5) is 28.8 Å². The number of piperazine rings is 1. The van der Waals surface area contributed by atoms with Crippen molar-refractivity contribution in [1.29, 1.82) is 0 Å². The van der Waals surface area contributed by atoms with Gasteiger partial charge in [0, 0.05) is 55.5 Å². The van der Waals surface area contributed by atoms with Gasteiger partial charge in [0.2, 0.25) is 5.95 Å². The van der Waals surface area contributed by atoms with E-state index in [9.17, 15) is 9.90 Å². The standard InChI is InChI=1S/C24H27ClN6O3/c1-3-34-23(33)19-15-26-24(29-22(19)27-17-6-9-20(25)21(32)14-17)28-16-4-7-18(8-5-16)31-12-10-30(2)11-13-31/h4-9,14-15,32H,3,10-13H2,1-2H3,(H2,26,27,28,29). The van der Waals surface area contributed by atoms with Crippen LogP contribution < -0.4 is 15.5 Å². The Balaban J connectivity index is 1.54. The number of nitrogens with one attached hydrogen (secondary N) is 2. The predicted molar refractivity (Wildman–Crippen MR) is 134 cm³/mol. The molecule has 3 aromatic rings. The largest absolute Gasteiger partial charge is 0.506 e. The van der Waals surface area contributed by atoms with Crippen molar-refractivity contribution >= 4 is 46.4 Å². The number of carbonyl (C=O) groups is 1. The smallest absolute Gasteiger partial charge is 0.343 e. The molecule has 0 spiro atoms. The molecule has 1 saturated heterocycles. The van der Waals surface area contributed by atoms with Crippen LogP contribution in [0.15, 0.2) is 48.7 Å². The van der Waals surface area contributed by atoms with E-state index in [4.69, 9.17) is 16.3 Å². The van der Waals surface area contributed by atoms with E-state index in [0.29, 0.717) is 11.6 Å². The van der Waals surface area contributed by atoms with E-state index < -0.39 is 5.97 Å². The van der Waals surface area contributed by atoms with E-state index in [1.165, 1.54) is 18.0 Å². The molecule has 2 heterocycles. The van der Waals surface area contributed by atoms with Crippen LogP contribution in [0.5, 0.6) is 5.75 Å². The lowest BCUT2D eigenvalue weighted by Crippen LogP contribution is -2.44. The summed E-state index contributed by atoms with van der Waals surface area (Å²) in [6.45, 7) is 6.03. The first-order valence-corrected chi connectivity index (χ1v) is 11.4. The Morgan fingerprint density at radius 2 is 1.79 bits per heavy atom. The van der Waals surface area contributed by atoms with Gasteiger partial charge in [0.05, 0.1) is 11.6 Å². The Morgan fingerprint density at radius 3 is 2.47 bits per heavy atom. The van der Waals surface area contributed by atoms with Gasteiger partial charge < -0.3 is 30.3 Å². The number of anilines is 5. The van der Waals surface area contributed by atoms with Crippen molar-refractivity contribution in [3.8, 4) is 5.75 Å². The van der Waals surface area contributed by atoms with E-state index in [1.807, 2.05) is 12.1 Å². The molecular formula is C24H27ClN6O3. The number of esters is 1. The maximum Gasteiger partial charge on any atom is 0.343 e. The molecule has 0 amide bonds. The highest BCUT2D eigenvalue weighted by molar-refractivity contribution is 6.32. The van der Waals surface area contributed by atoms with Crippen LogP contribution in [0, 0.1) is 0 Å². The van der Waals surface area contributed by atoms with Crippen molar-refractivity contribution in [3.05, 3.63) is 59.2 Å². The molecule has 0 unspecified atom stereocenters. The monoisotopic (exact) mass is 482 g/mol. The molecule has 34 heavy (non-hydrogen) atoms. The Hall–Kier alpha value is -3.56. The number of aromatic hydroxyl groups is 1. The number of likely N-dealkylation sites (N-methyl/N-ethyl adjacent to an activating group) is 1. The van der Waals surface area contributed by atoms with Crippen LogP contribution in [0.25, 0.3) is 0 Å². The highest BCUT2D eigenvalue weighted by Gasteiger charge is 2.18. The average molecular weight is 483 g/mol. The number of hydrogen-bond donors (Lipinski definition) is 3. The highest BCUT2D eigenvalue weighted by atomic mass is 35.5. The zero-order chi connectivity index (χ0) is 24.1. The third-order valence-corrected chi connectivity index (χ3v) is 5.80. The molecule has 1 aromatic heterocycles. The van der Waals surface area contributed by atoms with Crippen molar-refractivity contribution in [2.45, 2.75) is 6.92 Å². The van der Waals surface area contributed by atoms with E-state index in [-0.39, 0.29) is 28.8 Å². The topological polar surface area (TPSA) is 103 Å². The van der Waals surface area contributed by atoms with E-state index in [2.05, 4.69) is 49.6 Å². The fraction of sp³-hybridized carbons (Fsp3) is 0.292. The van der Waals surface area contributed by atoms with Gasteiger partial charge in [-0.2, -0.15) is 4.98 Å². The second-order valence-electron chi connectivity index (χ2n) is 7.93. The number of phenols is 1. The lowest BCUT2D eigenvalue weighted by molar-refractivity contribution is 0.0526. The minimum Gasteiger partial charge on any atom is -0.506 e. The highest BCUT2D eigenvalue weighted by Crippen LogP contribution is 2.29. The molecule has 0 atom stereocenters. The number of aromatic nitrogens is 2. The zero-order valence-electron chi connectivity index (χ0n) is 19.1. The van der Waals surface area contributed by atoms with Crippen molar-refractivity contribution in [3.63, 3.8) is 0 Å². The molecule has 10 heteroatoms. The van der Waals surface area contributed by atoms with Crippen LogP contribution in [0.2, 0.25) is 5.02 Å². The fourth-order valence-electron chi connectivity index (χ4n) is 3.57. The summed E-state index contributed by atoms with van der Waals surface area (Å²) in [6, 6.07) is 12.7. The Morgan fingerprint density at radius 1 is 1.09 bits per heavy atom. The van der Waals surface area contributed by atoms with Gasteiger partial charge in [0.1, 0.15) is 11.3 Å². The molecule has 0 aliphatic carbocycles. The molecule has 0 bridgehead atoms. The molecule has 1 aliphatic heterocycles. The van der Waals surface area contributed by atoms with Crippen LogP contribution in [-0.4, -0.2) is 65.8 Å². The maximum atomic E-state index is 12.4. The van der Waals surface area contributed by atoms with Crippen molar-refractivity contribution < 1.29 is 14.6 Å². The number of rotatable bonds is 7. The zero-order valence-corrected chi connectivity index (χ0v) is 19.8. The molecule has 178 valence electrons. The number of ether oxygens (including phenoxy) is 1. The summed E-state index contributed by atoms with van der Waals surface area (Å²) in [5.74, 6) is -0.0868. The SMILES string of the molecule is CCOC(=O)c1cnc(Nc2ccc(N3CCN(C)CC3)cc2)nc1Nc1ccc(Cl)c(O)c1. The third kappa shape index (κ3) is 5.67. The predicted octanol–water partition coefficient (Wildman–Crippen LogP) is 4.25. The summed E-state index contributed by atoms with van der Waals surface area (Å²) in [7, 11) is 2.14. The van der Waals surface area contributed by atoms with E-state index in [0.717, 1.165) is 31.9 Å². The first-order chi connectivity index (χ1) is 16.4. The molecule has 4 rings (SSSR count). The van der Waals surface area contributed by atoms with Crippen molar-refractivity contribution in [2.75, 3.05) is 55.4 Å². The average Bonchev–Trinajstić information content (AvgIpc) is 2.83. The number of hydrogen-bond acceptors (Lipinski definition) is 9. The van der Waals surface area contributed by atoms with Crippen molar-refractivity contribution in [1.82, 2.24) is 14.9 Å². The quantitative estimate of drug-likeness (QED) is 0.426. The first kappa shape index (κ1) is 23.6. The number of phenolic OH excluding ortho intramolecular Hbond substituents is 1. The Kier molecular flexibility index (Phi) is 7.34. The number of nitrogens with zero attached hydrogens (tertiary/aromatic N) is 4. The molecule has 0 radical (unpaired) electrons. The summed E-state index contributed by atoms with van der Waals surface area (Å²) in [5, 5.41) is 16.3. The molecule has 1 fully saturated rings. The van der Waals surface area contributed by atoms with Gasteiger partial charge in [-0.1, -0.05) is 11.6 Å². The van der Waals surface area contributed by atoms with Crippen LogP contribution in [0.1, 0.15) is 17.3 Å². The molecule has 3 N–H and O–H groups in total. The maximum absolute atomic E-state index is 12.4. The Labute approximate surface area is 203 Å². The number of carbonyl (C=O) groups excluding carboxylic acids is 1. The second-order valence-corrected chi connectivity index (χ2v) is 8.34. The van der Waals surface area contributed by atoms with Gasteiger partial charge in [-0.25, -0.2) is 9.78 Å². The van der Waals surface area contributed by atoms with Gasteiger partial charge in [-0.3, -0.25) is 0 Å². The summed E-state index contributed by atoms with van der Waals surface area (Å²) in [4.78, 5) is 25.8. The summed E-state index contributed by atoms with van der Waals surface area (Å²) in [6.07, 6.45) is 1.41. The second kappa shape index (κ2) is 10.6. The van der Waals surface area contributed by atoms with Crippen LogP contribution in [0.3, 0.4) is 0 Å². The summed E-state index contributed by atoms with van der Waals surface area (Å²) < 4.78 is 5.13. The van der Waals surface area contributed by atoms with Gasteiger partial charge >= 0.3 is 5.97 Å². The van der Waals surface area contributed by atoms with Gasteiger partial charge in [-0.05, 0) is 50.4 Å². The van der Waals surface area contributed by atoms with Crippen molar-refractivity contribution in [2.24, 2.45) is 0 Å². The van der Waals surface area contributed by atoms with E-state index >= 15 is 0 Å².